The van der Waals surface area contributed by atoms with Crippen LogP contribution in [-0.4, -0.2) is 25.8 Å². The van der Waals surface area contributed by atoms with Gasteiger partial charge in [0.05, 0.1) is 16.5 Å². The summed E-state index contributed by atoms with van der Waals surface area (Å²) in [5.41, 5.74) is 2.09. The smallest absolute Gasteiger partial charge is 0.264 e. The van der Waals surface area contributed by atoms with Crippen molar-refractivity contribution >= 4 is 51.0 Å². The average Bonchev–Trinajstić information content (AvgIpc) is 2.86. The standard InChI is InChI=1S/C26H22ClN5O2S/c1-14-13-28-23-21(22(14)33)24(31-26(30-23)35-3)29-15(2)19-12-16-8-7-11-18(27)20(16)25(34)32(19)17-9-5-4-6-10-17/h4-13,15H,1-3H3,(H2,28,29,30,31,33). The van der Waals surface area contributed by atoms with Crippen molar-refractivity contribution in [2.45, 2.75) is 25.0 Å². The van der Waals surface area contributed by atoms with Crippen LogP contribution >= 0.6 is 23.4 Å². The summed E-state index contributed by atoms with van der Waals surface area (Å²) in [7, 11) is 0. The minimum Gasteiger partial charge on any atom is -0.361 e. The van der Waals surface area contributed by atoms with Gasteiger partial charge < -0.3 is 10.3 Å². The van der Waals surface area contributed by atoms with Crippen molar-refractivity contribution in [3.05, 3.63) is 97.7 Å². The van der Waals surface area contributed by atoms with Gasteiger partial charge in [-0.05, 0) is 49.8 Å². The monoisotopic (exact) mass is 503 g/mol. The van der Waals surface area contributed by atoms with Crippen molar-refractivity contribution in [2.24, 2.45) is 0 Å². The number of H-pyrrole nitrogens is 1. The number of hydrogen-bond donors (Lipinski definition) is 2. The lowest BCUT2D eigenvalue weighted by Gasteiger charge is -2.22. The number of nitrogens with zero attached hydrogens (tertiary/aromatic N) is 3. The first-order valence-corrected chi connectivity index (χ1v) is 12.6. The second kappa shape index (κ2) is 9.20. The van der Waals surface area contributed by atoms with Gasteiger partial charge in [0.1, 0.15) is 16.9 Å². The number of benzene rings is 2. The minimum absolute atomic E-state index is 0.146. The molecule has 0 aliphatic heterocycles. The van der Waals surface area contributed by atoms with E-state index in [4.69, 9.17) is 11.6 Å². The highest BCUT2D eigenvalue weighted by atomic mass is 35.5. The van der Waals surface area contributed by atoms with Gasteiger partial charge >= 0.3 is 0 Å². The van der Waals surface area contributed by atoms with E-state index in [1.807, 2.05) is 61.7 Å². The molecule has 176 valence electrons. The molecule has 3 heterocycles. The molecule has 35 heavy (non-hydrogen) atoms. The van der Waals surface area contributed by atoms with Crippen LogP contribution in [0, 0.1) is 6.92 Å². The van der Waals surface area contributed by atoms with E-state index >= 15 is 0 Å². The average molecular weight is 504 g/mol. The zero-order chi connectivity index (χ0) is 24.7. The van der Waals surface area contributed by atoms with Gasteiger partial charge in [-0.3, -0.25) is 14.2 Å². The van der Waals surface area contributed by atoms with E-state index in [9.17, 15) is 9.59 Å². The number of nitrogens with one attached hydrogen (secondary N) is 2. The number of anilines is 1. The molecule has 5 rings (SSSR count). The number of thioether (sulfide) groups is 1. The molecule has 0 amide bonds. The largest absolute Gasteiger partial charge is 0.361 e. The quantitative estimate of drug-likeness (QED) is 0.244. The van der Waals surface area contributed by atoms with Crippen LogP contribution in [0.25, 0.3) is 27.5 Å². The Labute approximate surface area is 210 Å². The van der Waals surface area contributed by atoms with E-state index in [-0.39, 0.29) is 17.0 Å². The molecule has 1 unspecified atom stereocenters. The number of rotatable bonds is 5. The maximum atomic E-state index is 13.7. The van der Waals surface area contributed by atoms with E-state index in [1.165, 1.54) is 11.8 Å². The Morgan fingerprint density at radius 3 is 2.57 bits per heavy atom. The maximum Gasteiger partial charge on any atom is 0.264 e. The summed E-state index contributed by atoms with van der Waals surface area (Å²) >= 11 is 7.81. The maximum absolute atomic E-state index is 13.7. The molecule has 1 atom stereocenters. The second-order valence-electron chi connectivity index (χ2n) is 8.20. The number of halogens is 1. The summed E-state index contributed by atoms with van der Waals surface area (Å²) in [6, 6.07) is 16.4. The normalized spacial score (nSPS) is 12.2. The predicted octanol–water partition coefficient (Wildman–Crippen LogP) is 5.48. The number of hydrogen-bond acceptors (Lipinski definition) is 6. The molecule has 0 aliphatic carbocycles. The molecule has 0 fully saturated rings. The Kier molecular flexibility index (Phi) is 6.08. The van der Waals surface area contributed by atoms with Crippen LogP contribution in [0.15, 0.2) is 75.5 Å². The van der Waals surface area contributed by atoms with E-state index in [1.54, 1.807) is 23.8 Å². The number of aryl methyl sites for hydroxylation is 1. The molecule has 0 aliphatic rings. The molecule has 3 aromatic heterocycles. The Morgan fingerprint density at radius 1 is 1.06 bits per heavy atom. The van der Waals surface area contributed by atoms with Gasteiger partial charge in [0, 0.05) is 23.1 Å². The van der Waals surface area contributed by atoms with Crippen LogP contribution in [0.2, 0.25) is 5.02 Å². The zero-order valence-electron chi connectivity index (χ0n) is 19.3. The molecule has 0 saturated heterocycles. The SMILES string of the molecule is CSc1nc(NC(C)c2cc3cccc(Cl)c3c(=O)n2-c2ccccc2)c2c(=O)c(C)c[nH]c2n1. The Morgan fingerprint density at radius 2 is 1.83 bits per heavy atom. The molecule has 2 aromatic carbocycles. The summed E-state index contributed by atoms with van der Waals surface area (Å²) in [6.45, 7) is 3.68. The minimum atomic E-state index is -0.390. The summed E-state index contributed by atoms with van der Waals surface area (Å²) < 4.78 is 1.65. The lowest BCUT2D eigenvalue weighted by atomic mass is 10.1. The van der Waals surface area contributed by atoms with Crippen LogP contribution in [0.5, 0.6) is 0 Å². The summed E-state index contributed by atoms with van der Waals surface area (Å²) in [4.78, 5) is 38.9. The summed E-state index contributed by atoms with van der Waals surface area (Å²) in [6.07, 6.45) is 3.52. The van der Waals surface area contributed by atoms with Gasteiger partial charge in [-0.1, -0.05) is 53.7 Å². The topological polar surface area (TPSA) is 92.7 Å². The van der Waals surface area contributed by atoms with E-state index in [2.05, 4.69) is 20.3 Å². The molecule has 7 nitrogen and oxygen atoms in total. The first-order valence-electron chi connectivity index (χ1n) is 11.0. The van der Waals surface area contributed by atoms with Gasteiger partial charge in [0.2, 0.25) is 0 Å². The first-order chi connectivity index (χ1) is 16.9. The molecule has 9 heteroatoms. The van der Waals surface area contributed by atoms with Crippen molar-refractivity contribution < 1.29 is 0 Å². The zero-order valence-corrected chi connectivity index (χ0v) is 20.9. The molecule has 0 saturated carbocycles. The summed E-state index contributed by atoms with van der Waals surface area (Å²) in [5.74, 6) is 0.412. The lowest BCUT2D eigenvalue weighted by molar-refractivity contribution is 0.770. The molecule has 0 bridgehead atoms. The van der Waals surface area contributed by atoms with Crippen molar-refractivity contribution in [1.29, 1.82) is 0 Å². The van der Waals surface area contributed by atoms with Gasteiger partial charge in [-0.25, -0.2) is 9.97 Å². The van der Waals surface area contributed by atoms with Crippen LogP contribution in [0.3, 0.4) is 0 Å². The van der Waals surface area contributed by atoms with E-state index in [0.717, 1.165) is 5.39 Å². The Hall–Kier alpha value is -3.62. The third kappa shape index (κ3) is 4.09. The fourth-order valence-electron chi connectivity index (χ4n) is 4.18. The predicted molar refractivity (Wildman–Crippen MR) is 143 cm³/mol. The number of para-hydroxylation sites is 1. The number of fused-ring (bicyclic) bond motifs is 2. The van der Waals surface area contributed by atoms with E-state index in [0.29, 0.717) is 49.4 Å². The van der Waals surface area contributed by atoms with Crippen LogP contribution in [0.1, 0.15) is 24.2 Å². The van der Waals surface area contributed by atoms with Crippen LogP contribution in [-0.2, 0) is 0 Å². The summed E-state index contributed by atoms with van der Waals surface area (Å²) in [5, 5.41) is 5.89. The Balaban J connectivity index is 1.74. The highest BCUT2D eigenvalue weighted by Gasteiger charge is 2.20. The molecule has 0 radical (unpaired) electrons. The van der Waals surface area contributed by atoms with Gasteiger partial charge in [-0.15, -0.1) is 0 Å². The number of pyridine rings is 2. The van der Waals surface area contributed by atoms with Crippen molar-refractivity contribution in [1.82, 2.24) is 19.5 Å². The van der Waals surface area contributed by atoms with Crippen LogP contribution < -0.4 is 16.3 Å². The molecule has 2 N–H and O–H groups in total. The molecular weight excluding hydrogens is 482 g/mol. The second-order valence-corrected chi connectivity index (χ2v) is 9.38. The Bertz CT molecular complexity index is 1700. The molecular formula is C26H22ClN5O2S. The van der Waals surface area contributed by atoms with Crippen LogP contribution in [0.4, 0.5) is 5.82 Å². The lowest BCUT2D eigenvalue weighted by Crippen LogP contribution is -2.26. The van der Waals surface area contributed by atoms with Crippen molar-refractivity contribution in [2.75, 3.05) is 11.6 Å². The third-order valence-corrected chi connectivity index (χ3v) is 6.78. The van der Waals surface area contributed by atoms with Crippen molar-refractivity contribution in [3.63, 3.8) is 0 Å². The molecule has 5 aromatic rings. The molecule has 0 spiro atoms. The van der Waals surface area contributed by atoms with Gasteiger partial charge in [-0.2, -0.15) is 0 Å². The number of aromatic amines is 1. The van der Waals surface area contributed by atoms with Gasteiger partial charge in [0.25, 0.3) is 5.56 Å². The number of aromatic nitrogens is 4. The van der Waals surface area contributed by atoms with Crippen molar-refractivity contribution in [3.8, 4) is 5.69 Å². The highest BCUT2D eigenvalue weighted by Crippen LogP contribution is 2.28. The third-order valence-electron chi connectivity index (χ3n) is 5.92. The first kappa shape index (κ1) is 23.1. The fraction of sp³-hybridized carbons (Fsp3) is 0.154. The van der Waals surface area contributed by atoms with E-state index < -0.39 is 0 Å². The van der Waals surface area contributed by atoms with Gasteiger partial charge in [0.15, 0.2) is 10.6 Å². The highest BCUT2D eigenvalue weighted by molar-refractivity contribution is 7.98. The fourth-order valence-corrected chi connectivity index (χ4v) is 4.80.